The smallest absolute Gasteiger partial charge is 0.219 e. The zero-order valence-electron chi connectivity index (χ0n) is 15.1. The van der Waals surface area contributed by atoms with Crippen LogP contribution < -0.4 is 5.32 Å². The number of H-pyrrole nitrogens is 1. The van der Waals surface area contributed by atoms with Crippen molar-refractivity contribution < 1.29 is 4.79 Å². The molecule has 4 rings (SSSR count). The predicted molar refractivity (Wildman–Crippen MR) is 101 cm³/mol. The van der Waals surface area contributed by atoms with E-state index in [0.717, 1.165) is 47.6 Å². The first-order valence-corrected chi connectivity index (χ1v) is 8.98. The second-order valence-electron chi connectivity index (χ2n) is 6.53. The van der Waals surface area contributed by atoms with Crippen molar-refractivity contribution in [3.05, 3.63) is 53.7 Å². The monoisotopic (exact) mass is 363 g/mol. The Morgan fingerprint density at radius 1 is 1.30 bits per heavy atom. The maximum atomic E-state index is 11.8. The van der Waals surface area contributed by atoms with Gasteiger partial charge >= 0.3 is 0 Å². The van der Waals surface area contributed by atoms with Crippen LogP contribution in [-0.2, 0) is 24.2 Å². The number of aromatic amines is 1. The molecule has 3 aromatic heterocycles. The highest BCUT2D eigenvalue weighted by molar-refractivity contribution is 5.74. The third kappa shape index (κ3) is 3.79. The molecule has 0 saturated heterocycles. The van der Waals surface area contributed by atoms with Gasteiger partial charge in [0.25, 0.3) is 0 Å². The van der Waals surface area contributed by atoms with Crippen LogP contribution in [0.1, 0.15) is 23.7 Å². The minimum Gasteiger partial charge on any atom is -0.369 e. The van der Waals surface area contributed by atoms with Gasteiger partial charge < -0.3 is 10.2 Å². The standard InChI is InChI=1S/C19H21N7O/c1-13(27)26-9-5-16-17(12-26)24-18(15-3-6-20-7-4-15)25-19(16)21-8-2-14-10-22-23-11-14/h3-4,6-7,10-11H,2,5,8-9,12H2,1H3,(H,22,23)(H,21,24,25). The Hall–Kier alpha value is -3.29. The molecule has 27 heavy (non-hydrogen) atoms. The van der Waals surface area contributed by atoms with E-state index < -0.39 is 0 Å². The minimum atomic E-state index is 0.0687. The Bertz CT molecular complexity index is 925. The van der Waals surface area contributed by atoms with Crippen LogP contribution in [0, 0.1) is 0 Å². The SMILES string of the molecule is CC(=O)N1CCc2c(nc(-c3ccncc3)nc2NCCc2cn[nH]c2)C1. The van der Waals surface area contributed by atoms with Gasteiger partial charge in [-0.15, -0.1) is 0 Å². The topological polar surface area (TPSA) is 99.7 Å². The number of anilines is 1. The molecule has 0 spiro atoms. The number of hydrogen-bond acceptors (Lipinski definition) is 6. The summed E-state index contributed by atoms with van der Waals surface area (Å²) in [5.74, 6) is 1.56. The van der Waals surface area contributed by atoms with Gasteiger partial charge in [0, 0.05) is 49.7 Å². The average molecular weight is 363 g/mol. The molecule has 0 atom stereocenters. The van der Waals surface area contributed by atoms with E-state index in [-0.39, 0.29) is 5.91 Å². The molecule has 1 aliphatic rings. The lowest BCUT2D eigenvalue weighted by atomic mass is 10.0. The van der Waals surface area contributed by atoms with Gasteiger partial charge in [0.1, 0.15) is 5.82 Å². The minimum absolute atomic E-state index is 0.0687. The lowest BCUT2D eigenvalue weighted by Crippen LogP contribution is -2.35. The number of pyridine rings is 1. The summed E-state index contributed by atoms with van der Waals surface area (Å²) in [6, 6.07) is 3.78. The van der Waals surface area contributed by atoms with Crippen molar-refractivity contribution in [2.45, 2.75) is 26.3 Å². The fourth-order valence-corrected chi connectivity index (χ4v) is 3.22. The molecular formula is C19H21N7O. The number of nitrogens with one attached hydrogen (secondary N) is 2. The quantitative estimate of drug-likeness (QED) is 0.717. The van der Waals surface area contributed by atoms with Crippen molar-refractivity contribution in [1.29, 1.82) is 0 Å². The fraction of sp³-hybridized carbons (Fsp3) is 0.316. The van der Waals surface area contributed by atoms with Gasteiger partial charge in [0.05, 0.1) is 18.4 Å². The van der Waals surface area contributed by atoms with E-state index in [0.29, 0.717) is 18.9 Å². The summed E-state index contributed by atoms with van der Waals surface area (Å²) < 4.78 is 0. The number of rotatable bonds is 5. The maximum absolute atomic E-state index is 11.8. The number of amides is 1. The van der Waals surface area contributed by atoms with Gasteiger partial charge in [-0.25, -0.2) is 9.97 Å². The van der Waals surface area contributed by atoms with Crippen molar-refractivity contribution >= 4 is 11.7 Å². The molecule has 0 saturated carbocycles. The number of aromatic nitrogens is 5. The molecular weight excluding hydrogens is 342 g/mol. The molecule has 0 radical (unpaired) electrons. The summed E-state index contributed by atoms with van der Waals surface area (Å²) in [7, 11) is 0. The average Bonchev–Trinajstić information content (AvgIpc) is 3.21. The van der Waals surface area contributed by atoms with Crippen molar-refractivity contribution in [3.8, 4) is 11.4 Å². The summed E-state index contributed by atoms with van der Waals surface area (Å²) in [4.78, 5) is 27.2. The van der Waals surface area contributed by atoms with E-state index in [1.54, 1.807) is 19.3 Å². The summed E-state index contributed by atoms with van der Waals surface area (Å²) in [5, 5.41) is 10.3. The Kier molecular flexibility index (Phi) is 4.78. The Balaban J connectivity index is 1.64. The zero-order chi connectivity index (χ0) is 18.6. The highest BCUT2D eigenvalue weighted by Crippen LogP contribution is 2.27. The maximum Gasteiger partial charge on any atom is 0.219 e. The second kappa shape index (κ2) is 7.53. The molecule has 0 aliphatic carbocycles. The third-order valence-electron chi connectivity index (χ3n) is 4.71. The molecule has 0 aromatic carbocycles. The molecule has 2 N–H and O–H groups in total. The summed E-state index contributed by atoms with van der Waals surface area (Å²) in [6.45, 7) is 3.55. The summed E-state index contributed by atoms with van der Waals surface area (Å²) >= 11 is 0. The van der Waals surface area contributed by atoms with Crippen molar-refractivity contribution in [2.24, 2.45) is 0 Å². The van der Waals surface area contributed by atoms with E-state index in [1.165, 1.54) is 0 Å². The number of carbonyl (C=O) groups is 1. The zero-order valence-corrected chi connectivity index (χ0v) is 15.1. The van der Waals surface area contributed by atoms with Crippen LogP contribution in [0.2, 0.25) is 0 Å². The van der Waals surface area contributed by atoms with Gasteiger partial charge in [0.2, 0.25) is 5.91 Å². The molecule has 8 heteroatoms. The predicted octanol–water partition coefficient (Wildman–Crippen LogP) is 1.82. The Morgan fingerprint density at radius 2 is 2.15 bits per heavy atom. The molecule has 3 aromatic rings. The van der Waals surface area contributed by atoms with Gasteiger partial charge in [-0.2, -0.15) is 5.10 Å². The highest BCUT2D eigenvalue weighted by Gasteiger charge is 2.24. The molecule has 1 amide bonds. The van der Waals surface area contributed by atoms with Crippen LogP contribution in [0.5, 0.6) is 0 Å². The molecule has 0 unspecified atom stereocenters. The van der Waals surface area contributed by atoms with Crippen LogP contribution in [0.15, 0.2) is 36.9 Å². The fourth-order valence-electron chi connectivity index (χ4n) is 3.22. The van der Waals surface area contributed by atoms with Gasteiger partial charge in [0.15, 0.2) is 5.82 Å². The van der Waals surface area contributed by atoms with E-state index in [4.69, 9.17) is 9.97 Å². The second-order valence-corrected chi connectivity index (χ2v) is 6.53. The van der Waals surface area contributed by atoms with E-state index >= 15 is 0 Å². The molecule has 138 valence electrons. The van der Waals surface area contributed by atoms with Crippen molar-refractivity contribution in [2.75, 3.05) is 18.4 Å². The van der Waals surface area contributed by atoms with Crippen molar-refractivity contribution in [1.82, 2.24) is 30.0 Å². The molecule has 0 bridgehead atoms. The molecule has 8 nitrogen and oxygen atoms in total. The van der Waals surface area contributed by atoms with Crippen molar-refractivity contribution in [3.63, 3.8) is 0 Å². The van der Waals surface area contributed by atoms with Gasteiger partial charge in [-0.1, -0.05) is 0 Å². The first-order chi connectivity index (χ1) is 13.2. The van der Waals surface area contributed by atoms with Gasteiger partial charge in [-0.05, 0) is 30.5 Å². The van der Waals surface area contributed by atoms with Gasteiger partial charge in [-0.3, -0.25) is 14.9 Å². The lowest BCUT2D eigenvalue weighted by Gasteiger charge is -2.28. The van der Waals surface area contributed by atoms with Crippen LogP contribution in [0.4, 0.5) is 5.82 Å². The van der Waals surface area contributed by atoms with E-state index in [1.807, 2.05) is 29.4 Å². The third-order valence-corrected chi connectivity index (χ3v) is 4.71. The molecule has 4 heterocycles. The van der Waals surface area contributed by atoms with E-state index in [2.05, 4.69) is 20.5 Å². The first-order valence-electron chi connectivity index (χ1n) is 8.98. The van der Waals surface area contributed by atoms with Crippen LogP contribution >= 0.6 is 0 Å². The lowest BCUT2D eigenvalue weighted by molar-refractivity contribution is -0.129. The highest BCUT2D eigenvalue weighted by atomic mass is 16.2. The summed E-state index contributed by atoms with van der Waals surface area (Å²) in [6.07, 6.45) is 8.77. The first kappa shape index (κ1) is 17.1. The largest absolute Gasteiger partial charge is 0.369 e. The Labute approximate surface area is 157 Å². The van der Waals surface area contributed by atoms with Crippen LogP contribution in [0.25, 0.3) is 11.4 Å². The number of hydrogen-bond donors (Lipinski definition) is 2. The normalized spacial score (nSPS) is 13.3. The number of fused-ring (bicyclic) bond motifs is 1. The molecule has 1 aliphatic heterocycles. The number of carbonyl (C=O) groups excluding carboxylic acids is 1. The number of nitrogens with zero attached hydrogens (tertiary/aromatic N) is 5. The van der Waals surface area contributed by atoms with Crippen LogP contribution in [0.3, 0.4) is 0 Å². The Morgan fingerprint density at radius 3 is 2.89 bits per heavy atom. The summed E-state index contributed by atoms with van der Waals surface area (Å²) in [5.41, 5.74) is 4.05. The van der Waals surface area contributed by atoms with Crippen LogP contribution in [-0.4, -0.2) is 49.0 Å². The molecule has 0 fully saturated rings. The van der Waals surface area contributed by atoms with E-state index in [9.17, 15) is 4.79 Å².